The summed E-state index contributed by atoms with van der Waals surface area (Å²) in [6, 6.07) is 16.3. The van der Waals surface area contributed by atoms with Gasteiger partial charge in [0.1, 0.15) is 5.75 Å². The Labute approximate surface area is 127 Å². The van der Waals surface area contributed by atoms with Gasteiger partial charge in [-0.05, 0) is 47.6 Å². The van der Waals surface area contributed by atoms with Crippen LogP contribution in [-0.2, 0) is 6.42 Å². The summed E-state index contributed by atoms with van der Waals surface area (Å²) >= 11 is 0. The lowest BCUT2D eigenvalue weighted by molar-refractivity contribution is 0.168. The molecule has 2 heteroatoms. The van der Waals surface area contributed by atoms with E-state index >= 15 is 0 Å². The molecule has 2 aromatic rings. The van der Waals surface area contributed by atoms with E-state index in [1.165, 1.54) is 11.1 Å². The Morgan fingerprint density at radius 3 is 2.00 bits per heavy atom. The average molecular weight is 284 g/mol. The van der Waals surface area contributed by atoms with Crippen molar-refractivity contribution in [3.05, 3.63) is 65.2 Å². The first-order valence-corrected chi connectivity index (χ1v) is 7.51. The van der Waals surface area contributed by atoms with E-state index in [-0.39, 0.29) is 0 Å². The van der Waals surface area contributed by atoms with Gasteiger partial charge < -0.3 is 9.84 Å². The van der Waals surface area contributed by atoms with E-state index in [4.69, 9.17) is 4.74 Å². The SMILES string of the molecule is COc1ccc(C(O)CCc2ccc(C(C)C)cc2)cc1. The second kappa shape index (κ2) is 7.28. The Morgan fingerprint density at radius 1 is 0.905 bits per heavy atom. The summed E-state index contributed by atoms with van der Waals surface area (Å²) in [5.41, 5.74) is 3.57. The second-order valence-electron chi connectivity index (χ2n) is 5.72. The van der Waals surface area contributed by atoms with Crippen molar-refractivity contribution in [3.8, 4) is 5.75 Å². The predicted octanol–water partition coefficient (Wildman–Crippen LogP) is 4.48. The highest BCUT2D eigenvalue weighted by atomic mass is 16.5. The van der Waals surface area contributed by atoms with Gasteiger partial charge in [-0.15, -0.1) is 0 Å². The van der Waals surface area contributed by atoms with E-state index in [9.17, 15) is 5.11 Å². The van der Waals surface area contributed by atoms with Gasteiger partial charge in [-0.3, -0.25) is 0 Å². The van der Waals surface area contributed by atoms with Crippen molar-refractivity contribution < 1.29 is 9.84 Å². The molecule has 0 amide bonds. The summed E-state index contributed by atoms with van der Waals surface area (Å²) in [7, 11) is 1.65. The zero-order chi connectivity index (χ0) is 15.2. The van der Waals surface area contributed by atoms with Crippen molar-refractivity contribution in [2.45, 2.75) is 38.7 Å². The Kier molecular flexibility index (Phi) is 5.40. The molecular formula is C19H24O2. The van der Waals surface area contributed by atoms with Crippen molar-refractivity contribution >= 4 is 0 Å². The molecule has 1 unspecified atom stereocenters. The lowest BCUT2D eigenvalue weighted by Gasteiger charge is -2.12. The van der Waals surface area contributed by atoms with Crippen LogP contribution >= 0.6 is 0 Å². The van der Waals surface area contributed by atoms with E-state index in [0.29, 0.717) is 5.92 Å². The minimum atomic E-state index is -0.430. The quantitative estimate of drug-likeness (QED) is 0.847. The number of ether oxygens (including phenoxy) is 1. The molecule has 0 radical (unpaired) electrons. The molecule has 21 heavy (non-hydrogen) atoms. The van der Waals surface area contributed by atoms with Gasteiger partial charge in [0.05, 0.1) is 13.2 Å². The number of hydrogen-bond acceptors (Lipinski definition) is 2. The molecule has 0 aliphatic heterocycles. The molecule has 2 aromatic carbocycles. The van der Waals surface area contributed by atoms with Crippen LogP contribution in [0.15, 0.2) is 48.5 Å². The Hall–Kier alpha value is -1.80. The van der Waals surface area contributed by atoms with Crippen molar-refractivity contribution in [2.24, 2.45) is 0 Å². The highest BCUT2D eigenvalue weighted by Gasteiger charge is 2.08. The van der Waals surface area contributed by atoms with Gasteiger partial charge in [0.25, 0.3) is 0 Å². The number of benzene rings is 2. The number of aliphatic hydroxyl groups is 1. The van der Waals surface area contributed by atoms with Gasteiger partial charge in [-0.2, -0.15) is 0 Å². The predicted molar refractivity (Wildman–Crippen MR) is 86.8 cm³/mol. The van der Waals surface area contributed by atoms with E-state index in [2.05, 4.69) is 38.1 Å². The Bertz CT molecular complexity index is 541. The third-order valence-corrected chi connectivity index (χ3v) is 3.85. The summed E-state index contributed by atoms with van der Waals surface area (Å²) in [4.78, 5) is 0. The van der Waals surface area contributed by atoms with Gasteiger partial charge >= 0.3 is 0 Å². The third-order valence-electron chi connectivity index (χ3n) is 3.85. The van der Waals surface area contributed by atoms with E-state index in [1.807, 2.05) is 24.3 Å². The maximum absolute atomic E-state index is 10.2. The Balaban J connectivity index is 1.92. The van der Waals surface area contributed by atoms with Crippen LogP contribution in [0, 0.1) is 0 Å². The molecule has 0 heterocycles. The fraction of sp³-hybridized carbons (Fsp3) is 0.368. The summed E-state index contributed by atoms with van der Waals surface area (Å²) in [5.74, 6) is 1.37. The van der Waals surface area contributed by atoms with Gasteiger partial charge in [0.2, 0.25) is 0 Å². The first-order chi connectivity index (χ1) is 10.1. The van der Waals surface area contributed by atoms with Gasteiger partial charge in [0.15, 0.2) is 0 Å². The van der Waals surface area contributed by atoms with Crippen LogP contribution in [0.1, 0.15) is 49.0 Å². The van der Waals surface area contributed by atoms with E-state index in [1.54, 1.807) is 7.11 Å². The largest absolute Gasteiger partial charge is 0.497 e. The highest BCUT2D eigenvalue weighted by molar-refractivity contribution is 5.29. The molecule has 2 nitrogen and oxygen atoms in total. The van der Waals surface area contributed by atoms with Crippen LogP contribution in [0.5, 0.6) is 5.75 Å². The normalized spacial score (nSPS) is 12.4. The topological polar surface area (TPSA) is 29.5 Å². The molecule has 1 N–H and O–H groups in total. The molecule has 1 atom stereocenters. The van der Waals surface area contributed by atoms with Crippen molar-refractivity contribution in [1.29, 1.82) is 0 Å². The van der Waals surface area contributed by atoms with Crippen LogP contribution < -0.4 is 4.74 Å². The van der Waals surface area contributed by atoms with Crippen LogP contribution in [0.25, 0.3) is 0 Å². The minimum absolute atomic E-state index is 0.430. The molecule has 0 aliphatic carbocycles. The molecule has 0 saturated carbocycles. The zero-order valence-corrected chi connectivity index (χ0v) is 13.0. The molecule has 0 spiro atoms. The van der Waals surface area contributed by atoms with Crippen molar-refractivity contribution in [1.82, 2.24) is 0 Å². The lowest BCUT2D eigenvalue weighted by Crippen LogP contribution is -2.00. The van der Waals surface area contributed by atoms with E-state index in [0.717, 1.165) is 24.2 Å². The molecule has 0 aliphatic rings. The maximum Gasteiger partial charge on any atom is 0.118 e. The first kappa shape index (κ1) is 15.6. The summed E-state index contributed by atoms with van der Waals surface area (Å²) < 4.78 is 5.13. The fourth-order valence-electron chi connectivity index (χ4n) is 2.37. The van der Waals surface area contributed by atoms with Crippen molar-refractivity contribution in [3.63, 3.8) is 0 Å². The second-order valence-corrected chi connectivity index (χ2v) is 5.72. The summed E-state index contributed by atoms with van der Waals surface area (Å²) in [5, 5.41) is 10.2. The first-order valence-electron chi connectivity index (χ1n) is 7.51. The molecule has 0 saturated heterocycles. The third kappa shape index (κ3) is 4.33. The average Bonchev–Trinajstić information content (AvgIpc) is 2.53. The van der Waals surface area contributed by atoms with Gasteiger partial charge in [-0.1, -0.05) is 50.2 Å². The number of hydrogen-bond donors (Lipinski definition) is 1. The van der Waals surface area contributed by atoms with Gasteiger partial charge in [0, 0.05) is 0 Å². The van der Waals surface area contributed by atoms with Crippen LogP contribution in [0.3, 0.4) is 0 Å². The summed E-state index contributed by atoms with van der Waals surface area (Å²) in [6.07, 6.45) is 1.18. The number of aliphatic hydroxyl groups excluding tert-OH is 1. The maximum atomic E-state index is 10.2. The number of aryl methyl sites for hydroxylation is 1. The molecule has 0 fully saturated rings. The van der Waals surface area contributed by atoms with Crippen LogP contribution in [0.4, 0.5) is 0 Å². The fourth-order valence-corrected chi connectivity index (χ4v) is 2.37. The van der Waals surface area contributed by atoms with Crippen LogP contribution in [-0.4, -0.2) is 12.2 Å². The standard InChI is InChI=1S/C19H24O2/c1-14(2)16-7-4-15(5-8-16)6-13-19(20)17-9-11-18(21-3)12-10-17/h4-5,7-12,14,19-20H,6,13H2,1-3H3. The molecule has 0 aromatic heterocycles. The molecule has 0 bridgehead atoms. The lowest BCUT2D eigenvalue weighted by atomic mass is 9.98. The number of methoxy groups -OCH3 is 1. The van der Waals surface area contributed by atoms with Crippen molar-refractivity contribution in [2.75, 3.05) is 7.11 Å². The highest BCUT2D eigenvalue weighted by Crippen LogP contribution is 2.22. The molecule has 2 rings (SSSR count). The zero-order valence-electron chi connectivity index (χ0n) is 13.0. The minimum Gasteiger partial charge on any atom is -0.497 e. The van der Waals surface area contributed by atoms with E-state index < -0.39 is 6.10 Å². The molecular weight excluding hydrogens is 260 g/mol. The number of rotatable bonds is 6. The monoisotopic (exact) mass is 284 g/mol. The molecule has 112 valence electrons. The van der Waals surface area contributed by atoms with Gasteiger partial charge in [-0.25, -0.2) is 0 Å². The van der Waals surface area contributed by atoms with Crippen LogP contribution in [0.2, 0.25) is 0 Å². The smallest absolute Gasteiger partial charge is 0.118 e. The Morgan fingerprint density at radius 2 is 1.48 bits per heavy atom. The summed E-state index contributed by atoms with van der Waals surface area (Å²) in [6.45, 7) is 4.39.